The third-order valence-electron chi connectivity index (χ3n) is 2.68. The van der Waals surface area contributed by atoms with Crippen LogP contribution < -0.4 is 5.32 Å². The molecule has 0 fully saturated rings. The molecule has 4 nitrogen and oxygen atoms in total. The van der Waals surface area contributed by atoms with Crippen LogP contribution in [0.5, 0.6) is 0 Å². The Morgan fingerprint density at radius 3 is 2.75 bits per heavy atom. The van der Waals surface area contributed by atoms with Gasteiger partial charge >= 0.3 is 0 Å². The molecule has 2 aromatic rings. The molecule has 20 heavy (non-hydrogen) atoms. The zero-order valence-electron chi connectivity index (χ0n) is 10.4. The van der Waals surface area contributed by atoms with E-state index in [0.29, 0.717) is 5.02 Å². The molecular formula is C14H12ClFN2O2. The summed E-state index contributed by atoms with van der Waals surface area (Å²) in [4.78, 5) is 15.6. The Labute approximate surface area is 120 Å². The van der Waals surface area contributed by atoms with Gasteiger partial charge in [0.15, 0.2) is 0 Å². The second-order valence-electron chi connectivity index (χ2n) is 4.11. The van der Waals surface area contributed by atoms with Gasteiger partial charge in [0.2, 0.25) is 0 Å². The fraction of sp³-hybridized carbons (Fsp3) is 0.143. The van der Waals surface area contributed by atoms with Crippen LogP contribution in [0, 0.1) is 5.82 Å². The van der Waals surface area contributed by atoms with Gasteiger partial charge < -0.3 is 10.4 Å². The van der Waals surface area contributed by atoms with Crippen molar-refractivity contribution < 1.29 is 14.3 Å². The summed E-state index contributed by atoms with van der Waals surface area (Å²) in [5.41, 5.74) is 0.312. The first-order valence-corrected chi connectivity index (χ1v) is 6.28. The Morgan fingerprint density at radius 2 is 2.10 bits per heavy atom. The maximum atomic E-state index is 13.4. The normalized spacial score (nSPS) is 11.9. The van der Waals surface area contributed by atoms with Gasteiger partial charge in [-0.25, -0.2) is 9.37 Å². The van der Waals surface area contributed by atoms with Crippen LogP contribution in [0.3, 0.4) is 0 Å². The molecule has 6 heteroatoms. The molecule has 1 aromatic heterocycles. The van der Waals surface area contributed by atoms with Crippen LogP contribution in [0.25, 0.3) is 0 Å². The maximum Gasteiger partial charge on any atom is 0.269 e. The number of aromatic nitrogens is 1. The van der Waals surface area contributed by atoms with Crippen molar-refractivity contribution >= 4 is 17.5 Å². The number of carbonyl (C=O) groups is 1. The fourth-order valence-corrected chi connectivity index (χ4v) is 1.76. The molecule has 1 aromatic carbocycles. The number of carbonyl (C=O) groups excluding carboxylic acids is 1. The Kier molecular flexibility index (Phi) is 4.65. The number of benzene rings is 1. The lowest BCUT2D eigenvalue weighted by molar-refractivity contribution is 0.0909. The predicted octanol–water partition coefficient (Wildman–Crippen LogP) is 2.34. The van der Waals surface area contributed by atoms with E-state index in [0.717, 1.165) is 0 Å². The van der Waals surface area contributed by atoms with Crippen molar-refractivity contribution in [2.24, 2.45) is 0 Å². The topological polar surface area (TPSA) is 62.2 Å². The highest BCUT2D eigenvalue weighted by molar-refractivity contribution is 6.30. The summed E-state index contributed by atoms with van der Waals surface area (Å²) in [6.07, 6.45) is 0.233. The Balaban J connectivity index is 1.97. The van der Waals surface area contributed by atoms with E-state index in [9.17, 15) is 14.3 Å². The molecular weight excluding hydrogens is 283 g/mol. The lowest BCUT2D eigenvalue weighted by atomic mass is 10.1. The highest BCUT2D eigenvalue weighted by Crippen LogP contribution is 2.15. The number of pyridine rings is 1. The summed E-state index contributed by atoms with van der Waals surface area (Å²) >= 11 is 5.67. The highest BCUT2D eigenvalue weighted by atomic mass is 35.5. The number of halogens is 2. The number of hydrogen-bond donors (Lipinski definition) is 2. The van der Waals surface area contributed by atoms with Gasteiger partial charge in [0.1, 0.15) is 11.5 Å². The third kappa shape index (κ3) is 3.53. The molecule has 0 aliphatic heterocycles. The molecule has 0 spiro atoms. The number of rotatable bonds is 4. The monoisotopic (exact) mass is 294 g/mol. The Hall–Kier alpha value is -1.98. The van der Waals surface area contributed by atoms with Crippen molar-refractivity contribution in [3.63, 3.8) is 0 Å². The fourth-order valence-electron chi connectivity index (χ4n) is 1.65. The van der Waals surface area contributed by atoms with Crippen LogP contribution in [0.1, 0.15) is 22.2 Å². The molecule has 2 N–H and O–H groups in total. The van der Waals surface area contributed by atoms with Crippen LogP contribution in [0.2, 0.25) is 5.02 Å². The van der Waals surface area contributed by atoms with Gasteiger partial charge in [-0.2, -0.15) is 0 Å². The molecule has 0 aliphatic rings. The summed E-state index contributed by atoms with van der Waals surface area (Å²) in [5.74, 6) is -0.976. The predicted molar refractivity (Wildman–Crippen MR) is 72.9 cm³/mol. The zero-order valence-corrected chi connectivity index (χ0v) is 11.1. The van der Waals surface area contributed by atoms with Crippen molar-refractivity contribution in [1.29, 1.82) is 0 Å². The summed E-state index contributed by atoms with van der Waals surface area (Å²) in [5, 5.41) is 12.8. The summed E-state index contributed by atoms with van der Waals surface area (Å²) in [6.45, 7) is -0.107. The van der Waals surface area contributed by atoms with E-state index >= 15 is 0 Å². The molecule has 0 radical (unpaired) electrons. The summed E-state index contributed by atoms with van der Waals surface area (Å²) in [7, 11) is 0. The maximum absolute atomic E-state index is 13.4. The van der Waals surface area contributed by atoms with Gasteiger partial charge in [0.25, 0.3) is 5.91 Å². The van der Waals surface area contributed by atoms with E-state index in [-0.39, 0.29) is 17.8 Å². The summed E-state index contributed by atoms with van der Waals surface area (Å²) < 4.78 is 13.4. The van der Waals surface area contributed by atoms with Gasteiger partial charge in [0, 0.05) is 18.3 Å². The minimum Gasteiger partial charge on any atom is -0.386 e. The van der Waals surface area contributed by atoms with Crippen molar-refractivity contribution in [1.82, 2.24) is 10.3 Å². The van der Waals surface area contributed by atoms with Crippen molar-refractivity contribution in [3.8, 4) is 0 Å². The minimum absolute atomic E-state index is 0.107. The van der Waals surface area contributed by atoms with Gasteiger partial charge in [-0.15, -0.1) is 0 Å². The van der Waals surface area contributed by atoms with E-state index in [2.05, 4.69) is 10.3 Å². The lowest BCUT2D eigenvalue weighted by Crippen LogP contribution is -2.29. The Morgan fingerprint density at radius 1 is 1.35 bits per heavy atom. The number of aliphatic hydroxyl groups excluding tert-OH is 1. The van der Waals surface area contributed by atoms with Crippen molar-refractivity contribution in [3.05, 3.63) is 64.7 Å². The lowest BCUT2D eigenvalue weighted by Gasteiger charge is -2.12. The van der Waals surface area contributed by atoms with Gasteiger partial charge in [0.05, 0.1) is 11.1 Å². The SMILES string of the molecule is O=C(NCC(O)c1ccccc1F)c1ccc(Cl)cn1. The number of nitrogens with zero attached hydrogens (tertiary/aromatic N) is 1. The van der Waals surface area contributed by atoms with Crippen LogP contribution in [0.15, 0.2) is 42.6 Å². The average molecular weight is 295 g/mol. The Bertz CT molecular complexity index is 604. The average Bonchev–Trinajstić information content (AvgIpc) is 2.45. The van der Waals surface area contributed by atoms with Crippen LogP contribution in [0.4, 0.5) is 4.39 Å². The molecule has 1 unspecified atom stereocenters. The number of amides is 1. The van der Waals surface area contributed by atoms with E-state index in [1.165, 1.54) is 36.5 Å². The minimum atomic E-state index is -1.12. The molecule has 0 aliphatic carbocycles. The molecule has 2 rings (SSSR count). The first-order chi connectivity index (χ1) is 9.58. The molecule has 104 valence electrons. The van der Waals surface area contributed by atoms with Crippen LogP contribution in [-0.2, 0) is 0 Å². The quantitative estimate of drug-likeness (QED) is 0.910. The van der Waals surface area contributed by atoms with E-state index in [1.807, 2.05) is 0 Å². The third-order valence-corrected chi connectivity index (χ3v) is 2.90. The van der Waals surface area contributed by atoms with Crippen LogP contribution >= 0.6 is 11.6 Å². The smallest absolute Gasteiger partial charge is 0.269 e. The summed E-state index contributed by atoms with van der Waals surface area (Å²) in [6, 6.07) is 8.86. The zero-order chi connectivity index (χ0) is 14.5. The highest BCUT2D eigenvalue weighted by Gasteiger charge is 2.14. The second-order valence-corrected chi connectivity index (χ2v) is 4.55. The first-order valence-electron chi connectivity index (χ1n) is 5.90. The molecule has 0 bridgehead atoms. The van der Waals surface area contributed by atoms with Gasteiger partial charge in [-0.1, -0.05) is 29.8 Å². The molecule has 0 saturated heterocycles. The molecule has 1 atom stereocenters. The molecule has 1 heterocycles. The van der Waals surface area contributed by atoms with Crippen molar-refractivity contribution in [2.75, 3.05) is 6.54 Å². The van der Waals surface area contributed by atoms with Gasteiger partial charge in [-0.3, -0.25) is 4.79 Å². The molecule has 1 amide bonds. The van der Waals surface area contributed by atoms with Gasteiger partial charge in [-0.05, 0) is 18.2 Å². The second kappa shape index (κ2) is 6.45. The number of hydrogen-bond acceptors (Lipinski definition) is 3. The number of aliphatic hydroxyl groups is 1. The van der Waals surface area contributed by atoms with E-state index in [4.69, 9.17) is 11.6 Å². The number of nitrogens with one attached hydrogen (secondary N) is 1. The standard InChI is InChI=1S/C14H12ClFN2O2/c15-9-5-6-12(17-7-9)14(20)18-8-13(19)10-3-1-2-4-11(10)16/h1-7,13,19H,8H2,(H,18,20). The van der Waals surface area contributed by atoms with Crippen molar-refractivity contribution in [2.45, 2.75) is 6.10 Å². The van der Waals surface area contributed by atoms with Crippen LogP contribution in [-0.4, -0.2) is 22.5 Å². The largest absolute Gasteiger partial charge is 0.386 e. The first kappa shape index (κ1) is 14.4. The van der Waals surface area contributed by atoms with E-state index < -0.39 is 17.8 Å². The molecule has 0 saturated carbocycles. The van der Waals surface area contributed by atoms with E-state index in [1.54, 1.807) is 6.07 Å².